The molecule has 0 spiro atoms. The van der Waals surface area contributed by atoms with Crippen molar-refractivity contribution in [1.82, 2.24) is 10.2 Å². The molecule has 0 aliphatic carbocycles. The van der Waals surface area contributed by atoms with Gasteiger partial charge in [-0.15, -0.1) is 0 Å². The number of fused-ring (bicyclic) bond motifs is 2. The number of aliphatic hydroxyl groups is 1. The number of likely N-dealkylation sites (N-methyl/N-ethyl adjacent to an activating group) is 2. The van der Waals surface area contributed by atoms with Gasteiger partial charge in [-0.3, -0.25) is 4.79 Å². The number of nitrogens with zero attached hydrogens (tertiary/aromatic N) is 1. The number of carbonyl (C=O) groups excluding carboxylic acids is 1. The number of hydrogen-bond donors (Lipinski definition) is 2. The summed E-state index contributed by atoms with van der Waals surface area (Å²) in [6, 6.07) is 28.6. The molecule has 2 atom stereocenters. The summed E-state index contributed by atoms with van der Waals surface area (Å²) in [5.74, 6) is -0.0155. The zero-order chi connectivity index (χ0) is 22.5. The first-order valence-electron chi connectivity index (χ1n) is 11.1. The highest BCUT2D eigenvalue weighted by Crippen LogP contribution is 2.18. The topological polar surface area (TPSA) is 52.6 Å². The lowest BCUT2D eigenvalue weighted by Gasteiger charge is -2.26. The first-order chi connectivity index (χ1) is 15.5. The first-order valence-corrected chi connectivity index (χ1v) is 11.1. The molecule has 0 saturated heterocycles. The lowest BCUT2D eigenvalue weighted by molar-refractivity contribution is -0.133. The Kier molecular flexibility index (Phi) is 6.84. The van der Waals surface area contributed by atoms with Crippen molar-refractivity contribution < 1.29 is 9.90 Å². The fourth-order valence-corrected chi connectivity index (χ4v) is 4.29. The van der Waals surface area contributed by atoms with Crippen LogP contribution >= 0.6 is 0 Å². The van der Waals surface area contributed by atoms with E-state index < -0.39 is 6.10 Å². The van der Waals surface area contributed by atoms with Crippen LogP contribution in [0.2, 0.25) is 0 Å². The second-order valence-electron chi connectivity index (χ2n) is 8.49. The molecule has 0 saturated carbocycles. The van der Waals surface area contributed by atoms with Crippen molar-refractivity contribution in [2.24, 2.45) is 0 Å². The minimum atomic E-state index is -0.622. The molecule has 164 valence electrons. The summed E-state index contributed by atoms with van der Waals surface area (Å²) in [6.45, 7) is 0.293. The monoisotopic (exact) mass is 426 g/mol. The Balaban J connectivity index is 1.37. The molecule has 0 bridgehead atoms. The third-order valence-electron chi connectivity index (χ3n) is 6.05. The molecule has 0 aromatic heterocycles. The van der Waals surface area contributed by atoms with Crippen molar-refractivity contribution in [1.29, 1.82) is 0 Å². The van der Waals surface area contributed by atoms with Crippen LogP contribution in [-0.4, -0.2) is 48.7 Å². The average Bonchev–Trinajstić information content (AvgIpc) is 2.81. The van der Waals surface area contributed by atoms with Crippen molar-refractivity contribution in [2.45, 2.75) is 25.0 Å². The van der Waals surface area contributed by atoms with Crippen LogP contribution in [0.1, 0.15) is 11.1 Å². The van der Waals surface area contributed by atoms with Crippen LogP contribution in [0.5, 0.6) is 0 Å². The molecule has 4 nitrogen and oxygen atoms in total. The van der Waals surface area contributed by atoms with Gasteiger partial charge in [-0.2, -0.15) is 0 Å². The number of rotatable bonds is 8. The van der Waals surface area contributed by atoms with E-state index in [0.29, 0.717) is 19.4 Å². The Morgan fingerprint density at radius 2 is 1.31 bits per heavy atom. The normalized spacial score (nSPS) is 13.2. The van der Waals surface area contributed by atoms with Crippen molar-refractivity contribution in [3.05, 3.63) is 96.1 Å². The summed E-state index contributed by atoms with van der Waals surface area (Å²) in [4.78, 5) is 14.7. The Labute approximate surface area is 189 Å². The van der Waals surface area contributed by atoms with Gasteiger partial charge >= 0.3 is 0 Å². The third-order valence-corrected chi connectivity index (χ3v) is 6.05. The van der Waals surface area contributed by atoms with Crippen molar-refractivity contribution in [3.63, 3.8) is 0 Å². The number of aliphatic hydroxyl groups excluding tert-OH is 1. The van der Waals surface area contributed by atoms with Crippen LogP contribution in [0.4, 0.5) is 0 Å². The van der Waals surface area contributed by atoms with Gasteiger partial charge < -0.3 is 15.3 Å². The van der Waals surface area contributed by atoms with E-state index in [4.69, 9.17) is 0 Å². The number of nitrogens with one attached hydrogen (secondary N) is 1. The highest BCUT2D eigenvalue weighted by Gasteiger charge is 2.23. The summed E-state index contributed by atoms with van der Waals surface area (Å²) in [5, 5.41) is 18.5. The molecule has 1 amide bonds. The van der Waals surface area contributed by atoms with Crippen LogP contribution in [0.15, 0.2) is 84.9 Å². The molecule has 4 aromatic rings. The zero-order valence-electron chi connectivity index (χ0n) is 18.7. The van der Waals surface area contributed by atoms with Gasteiger partial charge in [0.15, 0.2) is 0 Å². The summed E-state index contributed by atoms with van der Waals surface area (Å²) < 4.78 is 0. The van der Waals surface area contributed by atoms with E-state index >= 15 is 0 Å². The number of hydrogen-bond acceptors (Lipinski definition) is 3. The van der Waals surface area contributed by atoms with Crippen LogP contribution in [0.3, 0.4) is 0 Å². The van der Waals surface area contributed by atoms with Crippen LogP contribution in [0, 0.1) is 0 Å². The lowest BCUT2D eigenvalue weighted by Crippen LogP contribution is -2.47. The second kappa shape index (κ2) is 9.94. The molecule has 0 fully saturated rings. The Hall–Kier alpha value is -3.21. The summed E-state index contributed by atoms with van der Waals surface area (Å²) >= 11 is 0. The fourth-order valence-electron chi connectivity index (χ4n) is 4.29. The second-order valence-corrected chi connectivity index (χ2v) is 8.49. The third kappa shape index (κ3) is 5.16. The van der Waals surface area contributed by atoms with Crippen LogP contribution < -0.4 is 5.32 Å². The predicted molar refractivity (Wildman–Crippen MR) is 132 cm³/mol. The molecule has 0 aliphatic heterocycles. The van der Waals surface area contributed by atoms with Crippen molar-refractivity contribution >= 4 is 27.5 Å². The molecule has 4 rings (SSSR count). The van der Waals surface area contributed by atoms with E-state index in [1.54, 1.807) is 11.9 Å². The molecule has 32 heavy (non-hydrogen) atoms. The maximum atomic E-state index is 13.1. The van der Waals surface area contributed by atoms with Crippen molar-refractivity contribution in [3.8, 4) is 0 Å². The molecule has 0 radical (unpaired) electrons. The Morgan fingerprint density at radius 3 is 1.84 bits per heavy atom. The van der Waals surface area contributed by atoms with Gasteiger partial charge in [-0.1, -0.05) is 84.9 Å². The quantitative estimate of drug-likeness (QED) is 0.444. The highest BCUT2D eigenvalue weighted by molar-refractivity contribution is 5.85. The Bertz CT molecular complexity index is 1220. The van der Waals surface area contributed by atoms with E-state index in [9.17, 15) is 9.90 Å². The molecular weight excluding hydrogens is 396 g/mol. The number of carbonyl (C=O) groups is 1. The highest BCUT2D eigenvalue weighted by atomic mass is 16.3. The summed E-state index contributed by atoms with van der Waals surface area (Å²) in [6.07, 6.45) is 0.492. The molecule has 4 heteroatoms. The summed E-state index contributed by atoms with van der Waals surface area (Å²) in [5.41, 5.74) is 2.18. The van der Waals surface area contributed by atoms with Gasteiger partial charge in [0.2, 0.25) is 5.91 Å². The van der Waals surface area contributed by atoms with E-state index in [-0.39, 0.29) is 11.9 Å². The van der Waals surface area contributed by atoms with Gasteiger partial charge in [0.05, 0.1) is 12.1 Å². The number of benzene rings is 4. The van der Waals surface area contributed by atoms with Gasteiger partial charge in [-0.25, -0.2) is 0 Å². The zero-order valence-corrected chi connectivity index (χ0v) is 18.7. The summed E-state index contributed by atoms with van der Waals surface area (Å²) in [7, 11) is 3.57. The maximum absolute atomic E-state index is 13.1. The first kappa shape index (κ1) is 22.0. The lowest BCUT2D eigenvalue weighted by atomic mass is 10.0. The van der Waals surface area contributed by atoms with Crippen LogP contribution in [-0.2, 0) is 17.6 Å². The van der Waals surface area contributed by atoms with Gasteiger partial charge in [0.25, 0.3) is 0 Å². The molecule has 2 N–H and O–H groups in total. The smallest absolute Gasteiger partial charge is 0.239 e. The van der Waals surface area contributed by atoms with Crippen molar-refractivity contribution in [2.75, 3.05) is 20.6 Å². The van der Waals surface area contributed by atoms with Gasteiger partial charge in [0, 0.05) is 20.0 Å². The molecular formula is C28H30N2O2. The van der Waals surface area contributed by atoms with E-state index in [2.05, 4.69) is 59.9 Å². The molecule has 1 unspecified atom stereocenters. The molecule has 0 aliphatic rings. The fraction of sp³-hybridized carbons (Fsp3) is 0.250. The SMILES string of the molecule is CN[C@H](Cc1ccc2ccccc2c1)C(=O)N(C)CC(O)Cc1ccc2ccccc2c1. The van der Waals surface area contributed by atoms with E-state index in [1.165, 1.54) is 16.2 Å². The minimum absolute atomic E-state index is 0.0155. The maximum Gasteiger partial charge on any atom is 0.239 e. The largest absolute Gasteiger partial charge is 0.391 e. The standard InChI is InChI=1S/C28H30N2O2/c1-29-27(18-21-12-14-23-8-4-6-10-25(23)16-21)28(32)30(2)19-26(31)17-20-11-13-22-7-3-5-9-24(22)15-20/h3-16,26-27,29,31H,17-19H2,1-2H3/t26?,27-/m1/s1. The molecule has 0 heterocycles. The Morgan fingerprint density at radius 1 is 0.812 bits per heavy atom. The minimum Gasteiger partial charge on any atom is -0.391 e. The van der Waals surface area contributed by atoms with Crippen LogP contribution in [0.25, 0.3) is 21.5 Å². The average molecular weight is 427 g/mol. The van der Waals surface area contributed by atoms with E-state index in [0.717, 1.165) is 16.5 Å². The molecule has 4 aromatic carbocycles. The number of amides is 1. The predicted octanol–water partition coefficient (Wildman–Crippen LogP) is 4.19. The van der Waals surface area contributed by atoms with Gasteiger partial charge in [0.1, 0.15) is 0 Å². The van der Waals surface area contributed by atoms with E-state index in [1.807, 2.05) is 37.4 Å². The van der Waals surface area contributed by atoms with Gasteiger partial charge in [-0.05, 0) is 46.1 Å².